The van der Waals surface area contributed by atoms with Crippen LogP contribution in [0, 0.1) is 23.5 Å². The molecule has 2 aromatic heterocycles. The molecule has 0 spiro atoms. The standard InChI is InChI=1S/2C18H20ClFN2O/c2*1-12-10-21-8-7-15(12)17-3-2-4-18(22-17)23-11-13-5-6-14(19)9-16(13)20/h2*2-6,9,12,15,21H,7-8,10-11H2,1H3/t12-,15+;12-,15-/m01/s1. The molecule has 2 aromatic carbocycles. The van der Waals surface area contributed by atoms with Crippen LogP contribution >= 0.6 is 23.2 Å². The van der Waals surface area contributed by atoms with E-state index < -0.39 is 0 Å². The lowest BCUT2D eigenvalue weighted by atomic mass is 9.85. The van der Waals surface area contributed by atoms with Crippen LogP contribution < -0.4 is 20.1 Å². The lowest BCUT2D eigenvalue weighted by Crippen LogP contribution is -2.34. The molecule has 244 valence electrons. The second-order valence-electron chi connectivity index (χ2n) is 12.0. The number of ether oxygens (including phenoxy) is 2. The fourth-order valence-electron chi connectivity index (χ4n) is 5.92. The predicted octanol–water partition coefficient (Wildman–Crippen LogP) is 8.33. The van der Waals surface area contributed by atoms with Crippen molar-refractivity contribution >= 4 is 23.2 Å². The van der Waals surface area contributed by atoms with Crippen LogP contribution in [0.15, 0.2) is 72.8 Å². The van der Waals surface area contributed by atoms with E-state index in [1.807, 2.05) is 36.4 Å². The molecule has 0 unspecified atom stereocenters. The largest absolute Gasteiger partial charge is 0.473 e. The van der Waals surface area contributed by atoms with Gasteiger partial charge in [-0.05, 0) is 87.3 Å². The van der Waals surface area contributed by atoms with Gasteiger partial charge in [0.05, 0.1) is 0 Å². The maximum atomic E-state index is 13.8. The molecular formula is C36H40Cl2F2N4O2. The minimum absolute atomic E-state index is 0.140. The molecule has 2 N–H and O–H groups in total. The highest BCUT2D eigenvalue weighted by Gasteiger charge is 2.25. The maximum absolute atomic E-state index is 13.8. The number of benzene rings is 2. The predicted molar refractivity (Wildman–Crippen MR) is 179 cm³/mol. The lowest BCUT2D eigenvalue weighted by Gasteiger charge is -2.29. The monoisotopic (exact) mass is 668 g/mol. The molecule has 2 fully saturated rings. The molecular weight excluding hydrogens is 629 g/mol. The third kappa shape index (κ3) is 9.38. The summed E-state index contributed by atoms with van der Waals surface area (Å²) in [6.07, 6.45) is 2.15. The van der Waals surface area contributed by atoms with E-state index in [9.17, 15) is 8.78 Å². The first-order valence-electron chi connectivity index (χ1n) is 15.8. The van der Waals surface area contributed by atoms with Gasteiger partial charge >= 0.3 is 0 Å². The first kappa shape index (κ1) is 34.0. The summed E-state index contributed by atoms with van der Waals surface area (Å²) in [5.74, 6) is 2.30. The number of pyridine rings is 2. The third-order valence-corrected chi connectivity index (χ3v) is 9.07. The van der Waals surface area contributed by atoms with Gasteiger partial charge in [-0.2, -0.15) is 0 Å². The van der Waals surface area contributed by atoms with Gasteiger partial charge in [0.25, 0.3) is 0 Å². The van der Waals surface area contributed by atoms with E-state index in [1.165, 1.54) is 12.1 Å². The smallest absolute Gasteiger partial charge is 0.213 e. The molecule has 2 aliphatic rings. The highest BCUT2D eigenvalue weighted by Crippen LogP contribution is 2.31. The van der Waals surface area contributed by atoms with Gasteiger partial charge < -0.3 is 20.1 Å². The quantitative estimate of drug-likeness (QED) is 0.197. The zero-order valence-electron chi connectivity index (χ0n) is 26.1. The van der Waals surface area contributed by atoms with Crippen LogP contribution in [-0.4, -0.2) is 36.1 Å². The van der Waals surface area contributed by atoms with Crippen LogP contribution in [0.3, 0.4) is 0 Å². The molecule has 0 amide bonds. The minimum atomic E-state index is -0.361. The molecule has 46 heavy (non-hydrogen) atoms. The highest BCUT2D eigenvalue weighted by molar-refractivity contribution is 6.30. The van der Waals surface area contributed by atoms with E-state index in [0.717, 1.165) is 50.4 Å². The molecule has 2 aliphatic heterocycles. The van der Waals surface area contributed by atoms with Crippen LogP contribution in [0.4, 0.5) is 8.78 Å². The molecule has 0 aliphatic carbocycles. The Morgan fingerprint density at radius 3 is 1.50 bits per heavy atom. The SMILES string of the molecule is C[C@@H]1CNCC[C@H]1c1cccc(OCc2ccc(Cl)cc2F)n1.C[C@H]1CNCC[C@H]1c1cccc(OCc2ccc(Cl)cc2F)n1. The first-order valence-corrected chi connectivity index (χ1v) is 16.5. The summed E-state index contributed by atoms with van der Waals surface area (Å²) >= 11 is 11.5. The molecule has 4 atom stereocenters. The number of piperidine rings is 2. The van der Waals surface area contributed by atoms with Crippen molar-refractivity contribution in [3.63, 3.8) is 0 Å². The van der Waals surface area contributed by atoms with Crippen molar-refractivity contribution in [1.29, 1.82) is 0 Å². The van der Waals surface area contributed by atoms with E-state index in [1.54, 1.807) is 24.3 Å². The summed E-state index contributed by atoms with van der Waals surface area (Å²) < 4.78 is 38.9. The van der Waals surface area contributed by atoms with Gasteiger partial charge in [-0.1, -0.05) is 61.3 Å². The second kappa shape index (κ2) is 16.5. The van der Waals surface area contributed by atoms with Crippen LogP contribution in [0.25, 0.3) is 0 Å². The van der Waals surface area contributed by atoms with Crippen molar-refractivity contribution in [1.82, 2.24) is 20.6 Å². The first-order chi connectivity index (χ1) is 22.3. The summed E-state index contributed by atoms with van der Waals surface area (Å²) in [5, 5.41) is 7.55. The van der Waals surface area contributed by atoms with Crippen LogP contribution in [0.2, 0.25) is 10.0 Å². The van der Waals surface area contributed by atoms with Crippen LogP contribution in [0.5, 0.6) is 11.8 Å². The number of nitrogens with zero attached hydrogens (tertiary/aromatic N) is 2. The van der Waals surface area contributed by atoms with Gasteiger partial charge in [0, 0.05) is 56.5 Å². The van der Waals surface area contributed by atoms with E-state index in [2.05, 4.69) is 34.4 Å². The van der Waals surface area contributed by atoms with Gasteiger partial charge in [-0.15, -0.1) is 0 Å². The lowest BCUT2D eigenvalue weighted by molar-refractivity contribution is 0.283. The molecule has 0 bridgehead atoms. The third-order valence-electron chi connectivity index (χ3n) is 8.60. The molecule has 0 radical (unpaired) electrons. The van der Waals surface area contributed by atoms with E-state index in [-0.39, 0.29) is 24.8 Å². The highest BCUT2D eigenvalue weighted by atomic mass is 35.5. The molecule has 10 heteroatoms. The number of aromatic nitrogens is 2. The summed E-state index contributed by atoms with van der Waals surface area (Å²) in [4.78, 5) is 9.22. The van der Waals surface area contributed by atoms with Gasteiger partial charge in [0.15, 0.2) is 0 Å². The van der Waals surface area contributed by atoms with Gasteiger partial charge in [0.2, 0.25) is 11.8 Å². The average Bonchev–Trinajstić information content (AvgIpc) is 3.05. The number of hydrogen-bond donors (Lipinski definition) is 2. The zero-order valence-corrected chi connectivity index (χ0v) is 27.6. The van der Waals surface area contributed by atoms with Crippen molar-refractivity contribution < 1.29 is 18.3 Å². The zero-order chi connectivity index (χ0) is 32.5. The van der Waals surface area contributed by atoms with Gasteiger partial charge in [-0.25, -0.2) is 18.7 Å². The Morgan fingerprint density at radius 1 is 0.674 bits per heavy atom. The average molecular weight is 670 g/mol. The second-order valence-corrected chi connectivity index (χ2v) is 12.9. The molecule has 0 saturated carbocycles. The summed E-state index contributed by atoms with van der Waals surface area (Å²) in [6.45, 7) is 8.78. The Hall–Kier alpha value is -3.30. The number of hydrogen-bond acceptors (Lipinski definition) is 6. The Bertz CT molecular complexity index is 1480. The van der Waals surface area contributed by atoms with E-state index in [0.29, 0.717) is 56.6 Å². The number of halogens is 4. The van der Waals surface area contributed by atoms with Crippen molar-refractivity contribution in [2.24, 2.45) is 11.8 Å². The van der Waals surface area contributed by atoms with Gasteiger partial charge in [-0.3, -0.25) is 0 Å². The van der Waals surface area contributed by atoms with Crippen molar-refractivity contribution in [2.45, 2.75) is 51.7 Å². The molecule has 4 heterocycles. The summed E-state index contributed by atoms with van der Waals surface area (Å²) in [6, 6.07) is 20.8. The maximum Gasteiger partial charge on any atom is 0.213 e. The number of nitrogens with one attached hydrogen (secondary N) is 2. The van der Waals surface area contributed by atoms with Gasteiger partial charge in [0.1, 0.15) is 24.8 Å². The Labute approximate surface area is 279 Å². The Balaban J connectivity index is 0.000000181. The Morgan fingerprint density at radius 2 is 1.11 bits per heavy atom. The summed E-state index contributed by atoms with van der Waals surface area (Å²) in [5.41, 5.74) is 3.04. The molecule has 6 rings (SSSR count). The van der Waals surface area contributed by atoms with E-state index >= 15 is 0 Å². The van der Waals surface area contributed by atoms with E-state index in [4.69, 9.17) is 32.7 Å². The van der Waals surface area contributed by atoms with Crippen LogP contribution in [0.1, 0.15) is 61.0 Å². The fourth-order valence-corrected chi connectivity index (χ4v) is 6.24. The topological polar surface area (TPSA) is 68.3 Å². The van der Waals surface area contributed by atoms with Crippen molar-refractivity contribution in [2.75, 3.05) is 26.2 Å². The Kier molecular flexibility index (Phi) is 12.2. The van der Waals surface area contributed by atoms with Crippen molar-refractivity contribution in [3.8, 4) is 11.8 Å². The van der Waals surface area contributed by atoms with Crippen LogP contribution in [-0.2, 0) is 13.2 Å². The fraction of sp³-hybridized carbons (Fsp3) is 0.389. The minimum Gasteiger partial charge on any atom is -0.473 e. The molecule has 4 aromatic rings. The molecule has 2 saturated heterocycles. The number of rotatable bonds is 8. The molecule has 6 nitrogen and oxygen atoms in total. The van der Waals surface area contributed by atoms with Crippen molar-refractivity contribution in [3.05, 3.63) is 117 Å². The normalized spacial score (nSPS) is 21.2. The summed E-state index contributed by atoms with van der Waals surface area (Å²) in [7, 11) is 0.